The second kappa shape index (κ2) is 6.95. The van der Waals surface area contributed by atoms with Crippen LogP contribution in [-0.2, 0) is 9.47 Å². The molecule has 2 N–H and O–H groups in total. The number of pyridine rings is 1. The fourth-order valence-corrected chi connectivity index (χ4v) is 2.52. The summed E-state index contributed by atoms with van der Waals surface area (Å²) in [5.41, 5.74) is -1.79. The van der Waals surface area contributed by atoms with E-state index >= 15 is 0 Å². The van der Waals surface area contributed by atoms with Gasteiger partial charge in [-0.1, -0.05) is 0 Å². The molecule has 2 aromatic rings. The summed E-state index contributed by atoms with van der Waals surface area (Å²) < 4.78 is 25.0. The van der Waals surface area contributed by atoms with E-state index in [2.05, 4.69) is 4.98 Å². The summed E-state index contributed by atoms with van der Waals surface area (Å²) in [6.07, 6.45) is 0.790. The van der Waals surface area contributed by atoms with Crippen LogP contribution in [0, 0.1) is 5.82 Å². The van der Waals surface area contributed by atoms with Crippen molar-refractivity contribution in [2.45, 2.75) is 24.9 Å². The molecule has 132 valence electrons. The Labute approximate surface area is 139 Å². The molecule has 1 aliphatic rings. The molecule has 3 rings (SSSR count). The number of hydrogen-bond acceptors (Lipinski definition) is 7. The Hall–Kier alpha value is -2.85. The highest BCUT2D eigenvalue weighted by atomic mass is 19.1. The predicted molar refractivity (Wildman–Crippen MR) is 80.3 cm³/mol. The summed E-state index contributed by atoms with van der Waals surface area (Å²) in [5, 5.41) is 9.40. The number of aliphatic hydroxyl groups is 1. The van der Waals surface area contributed by atoms with Crippen molar-refractivity contribution in [3.05, 3.63) is 62.9 Å². The second-order valence-corrected chi connectivity index (χ2v) is 5.38. The topological polar surface area (TPSA) is 124 Å². The molecule has 1 saturated heterocycles. The first-order valence-electron chi connectivity index (χ1n) is 7.38. The number of rotatable bonds is 4. The quantitative estimate of drug-likeness (QED) is 0.717. The molecule has 0 amide bonds. The van der Waals surface area contributed by atoms with Crippen LogP contribution in [-0.4, -0.2) is 44.4 Å². The summed E-state index contributed by atoms with van der Waals surface area (Å²) in [6.45, 7) is -0.470. The first-order valence-corrected chi connectivity index (χ1v) is 7.38. The van der Waals surface area contributed by atoms with Gasteiger partial charge >= 0.3 is 11.7 Å². The number of nitrogens with zero attached hydrogens (tertiary/aromatic N) is 2. The number of esters is 1. The molecule has 3 atom stereocenters. The van der Waals surface area contributed by atoms with E-state index in [-0.39, 0.29) is 12.0 Å². The van der Waals surface area contributed by atoms with Gasteiger partial charge in [-0.3, -0.25) is 19.3 Å². The van der Waals surface area contributed by atoms with Crippen molar-refractivity contribution >= 4 is 5.97 Å². The number of carbonyl (C=O) groups excluding carboxylic acids is 1. The summed E-state index contributed by atoms with van der Waals surface area (Å²) in [4.78, 5) is 40.6. The molecule has 0 aromatic carbocycles. The molecule has 0 radical (unpaired) electrons. The molecule has 0 bridgehead atoms. The van der Waals surface area contributed by atoms with Crippen LogP contribution in [0.4, 0.5) is 4.39 Å². The van der Waals surface area contributed by atoms with Crippen molar-refractivity contribution in [2.24, 2.45) is 0 Å². The van der Waals surface area contributed by atoms with E-state index < -0.39 is 48.1 Å². The highest BCUT2D eigenvalue weighted by Gasteiger charge is 2.39. The lowest BCUT2D eigenvalue weighted by molar-refractivity contribution is -0.0524. The molecule has 1 aliphatic heterocycles. The van der Waals surface area contributed by atoms with Crippen LogP contribution in [0.5, 0.6) is 0 Å². The van der Waals surface area contributed by atoms with Gasteiger partial charge < -0.3 is 14.6 Å². The van der Waals surface area contributed by atoms with E-state index in [4.69, 9.17) is 9.47 Å². The summed E-state index contributed by atoms with van der Waals surface area (Å²) in [7, 11) is 0. The molecule has 2 aromatic heterocycles. The Bertz CT molecular complexity index is 881. The van der Waals surface area contributed by atoms with Crippen molar-refractivity contribution in [3.8, 4) is 0 Å². The molecular formula is C15H14FN3O6. The summed E-state index contributed by atoms with van der Waals surface area (Å²) in [6, 6.07) is 3.08. The largest absolute Gasteiger partial charge is 0.456 e. The number of carbonyl (C=O) groups is 1. The van der Waals surface area contributed by atoms with Gasteiger partial charge in [0.15, 0.2) is 0 Å². The van der Waals surface area contributed by atoms with Gasteiger partial charge in [-0.15, -0.1) is 0 Å². The van der Waals surface area contributed by atoms with Gasteiger partial charge in [-0.2, -0.15) is 4.39 Å². The average molecular weight is 351 g/mol. The van der Waals surface area contributed by atoms with Gasteiger partial charge in [0.25, 0.3) is 5.56 Å². The normalized spacial score (nSPS) is 22.7. The van der Waals surface area contributed by atoms with Crippen LogP contribution in [0.15, 0.2) is 40.3 Å². The van der Waals surface area contributed by atoms with Gasteiger partial charge in [0.1, 0.15) is 18.4 Å². The Morgan fingerprint density at radius 2 is 2.32 bits per heavy atom. The van der Waals surface area contributed by atoms with E-state index in [0.29, 0.717) is 6.20 Å². The van der Waals surface area contributed by atoms with Gasteiger partial charge in [-0.25, -0.2) is 9.59 Å². The van der Waals surface area contributed by atoms with Crippen LogP contribution >= 0.6 is 0 Å². The van der Waals surface area contributed by atoms with Crippen molar-refractivity contribution < 1.29 is 23.8 Å². The van der Waals surface area contributed by atoms with Crippen LogP contribution < -0.4 is 11.2 Å². The number of halogens is 1. The lowest BCUT2D eigenvalue weighted by atomic mass is 10.2. The predicted octanol–water partition coefficient (Wildman–Crippen LogP) is -0.424. The zero-order valence-corrected chi connectivity index (χ0v) is 12.8. The fourth-order valence-electron chi connectivity index (χ4n) is 2.52. The average Bonchev–Trinajstić information content (AvgIpc) is 3.01. The van der Waals surface area contributed by atoms with E-state index in [9.17, 15) is 23.9 Å². The molecule has 0 spiro atoms. The van der Waals surface area contributed by atoms with Crippen LogP contribution in [0.25, 0.3) is 0 Å². The minimum atomic E-state index is -1.15. The smallest absolute Gasteiger partial charge is 0.340 e. The Morgan fingerprint density at radius 3 is 3.00 bits per heavy atom. The number of aromatic amines is 1. The lowest BCUT2D eigenvalue weighted by Gasteiger charge is -2.16. The molecular weight excluding hydrogens is 337 g/mol. The lowest BCUT2D eigenvalue weighted by Crippen LogP contribution is -2.34. The van der Waals surface area contributed by atoms with Crippen molar-refractivity contribution in [2.75, 3.05) is 6.61 Å². The molecule has 1 fully saturated rings. The van der Waals surface area contributed by atoms with E-state index in [1.165, 1.54) is 18.5 Å². The molecule has 3 heterocycles. The number of aliphatic hydroxyl groups excluding tert-OH is 1. The number of nitrogens with one attached hydrogen (secondary N) is 1. The minimum absolute atomic E-state index is 0.00260. The first kappa shape index (κ1) is 17.0. The monoisotopic (exact) mass is 351 g/mol. The maximum atomic E-state index is 13.4. The van der Waals surface area contributed by atoms with E-state index in [1.54, 1.807) is 6.07 Å². The van der Waals surface area contributed by atoms with Crippen molar-refractivity contribution in [3.63, 3.8) is 0 Å². The zero-order valence-electron chi connectivity index (χ0n) is 12.8. The standard InChI is InChI=1S/C15H14FN3O6/c16-9-6-19(15(23)18-13(9)21)12-4-10(11(7-20)24-12)25-14(22)8-2-1-3-17-5-8/h1-3,5-6,10-12,20H,4,7H2,(H,18,21,23)/t10-,11+,12+/m0/s1. The minimum Gasteiger partial charge on any atom is -0.456 e. The number of aromatic nitrogens is 3. The van der Waals surface area contributed by atoms with Crippen LogP contribution in [0.2, 0.25) is 0 Å². The van der Waals surface area contributed by atoms with Crippen molar-refractivity contribution in [1.82, 2.24) is 14.5 Å². The molecule has 10 heteroatoms. The third kappa shape index (κ3) is 3.49. The highest BCUT2D eigenvalue weighted by molar-refractivity contribution is 5.89. The van der Waals surface area contributed by atoms with Gasteiger partial charge in [0.05, 0.1) is 18.4 Å². The summed E-state index contributed by atoms with van der Waals surface area (Å²) >= 11 is 0. The van der Waals surface area contributed by atoms with Crippen molar-refractivity contribution in [1.29, 1.82) is 0 Å². The Morgan fingerprint density at radius 1 is 1.52 bits per heavy atom. The SMILES string of the molecule is O=C(O[C@H]1C[C@H](n2cc(F)c(=O)[nH]c2=O)O[C@@H]1CO)c1cccnc1. The third-order valence-corrected chi connectivity index (χ3v) is 3.75. The number of H-pyrrole nitrogens is 1. The second-order valence-electron chi connectivity index (χ2n) is 5.38. The molecule has 9 nitrogen and oxygen atoms in total. The van der Waals surface area contributed by atoms with Gasteiger partial charge in [0.2, 0.25) is 5.82 Å². The third-order valence-electron chi connectivity index (χ3n) is 3.75. The first-order chi connectivity index (χ1) is 12.0. The van der Waals surface area contributed by atoms with E-state index in [0.717, 1.165) is 4.57 Å². The molecule has 0 saturated carbocycles. The maximum absolute atomic E-state index is 13.4. The maximum Gasteiger partial charge on any atom is 0.340 e. The Balaban J connectivity index is 1.79. The Kier molecular flexibility index (Phi) is 4.72. The molecule has 0 unspecified atom stereocenters. The summed E-state index contributed by atoms with van der Waals surface area (Å²) in [5.74, 6) is -1.82. The van der Waals surface area contributed by atoms with Gasteiger partial charge in [-0.05, 0) is 12.1 Å². The van der Waals surface area contributed by atoms with Gasteiger partial charge in [0, 0.05) is 18.8 Å². The number of hydrogen-bond donors (Lipinski definition) is 2. The highest BCUT2D eigenvalue weighted by Crippen LogP contribution is 2.30. The van der Waals surface area contributed by atoms with Crippen LogP contribution in [0.1, 0.15) is 23.0 Å². The number of ether oxygens (including phenoxy) is 2. The molecule has 25 heavy (non-hydrogen) atoms. The molecule has 0 aliphatic carbocycles. The van der Waals surface area contributed by atoms with E-state index in [1.807, 2.05) is 4.98 Å². The fraction of sp³-hybridized carbons (Fsp3) is 0.333. The van der Waals surface area contributed by atoms with Crippen LogP contribution in [0.3, 0.4) is 0 Å². The zero-order chi connectivity index (χ0) is 18.0.